The second kappa shape index (κ2) is 6.53. The predicted octanol–water partition coefficient (Wildman–Crippen LogP) is 4.30. The molecule has 0 bridgehead atoms. The molecule has 1 aliphatic rings. The van der Waals surface area contributed by atoms with E-state index in [4.69, 9.17) is 0 Å². The van der Waals surface area contributed by atoms with Gasteiger partial charge < -0.3 is 10.3 Å². The largest absolute Gasteiger partial charge is 0.324 e. The van der Waals surface area contributed by atoms with E-state index in [0.29, 0.717) is 0 Å². The van der Waals surface area contributed by atoms with E-state index in [-0.39, 0.29) is 0 Å². The zero-order chi connectivity index (χ0) is 16.5. The van der Waals surface area contributed by atoms with E-state index in [2.05, 4.69) is 39.0 Å². The van der Waals surface area contributed by atoms with Gasteiger partial charge in [0.1, 0.15) is 0 Å². The molecular weight excluding hydrogens is 318 g/mol. The van der Waals surface area contributed by atoms with Crippen molar-refractivity contribution in [1.82, 2.24) is 19.9 Å². The Bertz CT molecular complexity index is 796. The first-order valence-corrected chi connectivity index (χ1v) is 9.39. The summed E-state index contributed by atoms with van der Waals surface area (Å²) < 4.78 is 0. The van der Waals surface area contributed by atoms with Gasteiger partial charge in [0.15, 0.2) is 5.13 Å². The van der Waals surface area contributed by atoms with Crippen LogP contribution in [0.4, 0.5) is 11.1 Å². The summed E-state index contributed by atoms with van der Waals surface area (Å²) in [7, 11) is 0. The molecule has 0 saturated carbocycles. The summed E-state index contributed by atoms with van der Waals surface area (Å²) in [4.78, 5) is 16.4. The van der Waals surface area contributed by atoms with Crippen LogP contribution in [-0.4, -0.2) is 32.9 Å². The van der Waals surface area contributed by atoms with Gasteiger partial charge in [0.2, 0.25) is 5.95 Å². The molecule has 126 valence electrons. The Morgan fingerprint density at radius 2 is 2.04 bits per heavy atom. The number of likely N-dealkylation sites (tertiary alicyclic amines) is 1. The Kier molecular flexibility index (Phi) is 4.24. The van der Waals surface area contributed by atoms with E-state index < -0.39 is 0 Å². The van der Waals surface area contributed by atoms with Gasteiger partial charge in [-0.05, 0) is 50.9 Å². The molecular formula is C18H23N5S. The lowest BCUT2D eigenvalue weighted by atomic mass is 9.99. The Hall–Kier alpha value is -1.92. The van der Waals surface area contributed by atoms with Crippen molar-refractivity contribution in [2.75, 3.05) is 18.4 Å². The first-order chi connectivity index (χ1) is 11.7. The highest BCUT2D eigenvalue weighted by Gasteiger charge is 2.18. The molecule has 1 aliphatic heterocycles. The van der Waals surface area contributed by atoms with E-state index in [1.165, 1.54) is 30.8 Å². The number of thiazole rings is 1. The summed E-state index contributed by atoms with van der Waals surface area (Å²) in [5.74, 6) is 1.62. The van der Waals surface area contributed by atoms with Crippen LogP contribution in [-0.2, 0) is 6.54 Å². The van der Waals surface area contributed by atoms with Crippen molar-refractivity contribution in [2.45, 2.75) is 33.2 Å². The zero-order valence-electron chi connectivity index (χ0n) is 14.2. The second-order valence-corrected chi connectivity index (χ2v) is 7.80. The Labute approximate surface area is 146 Å². The number of fused-ring (bicyclic) bond motifs is 1. The van der Waals surface area contributed by atoms with Crippen molar-refractivity contribution in [1.29, 1.82) is 0 Å². The first-order valence-electron chi connectivity index (χ1n) is 8.58. The minimum atomic E-state index is 0.753. The molecule has 0 radical (unpaired) electrons. The van der Waals surface area contributed by atoms with Crippen LogP contribution < -0.4 is 5.32 Å². The number of aromatic amines is 1. The summed E-state index contributed by atoms with van der Waals surface area (Å²) in [5, 5.41) is 4.23. The lowest BCUT2D eigenvalue weighted by molar-refractivity contribution is 0.186. The number of imidazole rings is 1. The van der Waals surface area contributed by atoms with Gasteiger partial charge in [-0.15, -0.1) is 11.3 Å². The maximum absolute atomic E-state index is 4.68. The van der Waals surface area contributed by atoms with Crippen LogP contribution in [0.5, 0.6) is 0 Å². The Balaban J connectivity index is 1.46. The molecule has 0 aliphatic carbocycles. The molecule has 1 aromatic carbocycles. The van der Waals surface area contributed by atoms with Crippen LogP contribution >= 0.6 is 11.3 Å². The summed E-state index contributed by atoms with van der Waals surface area (Å²) in [6, 6.07) is 8.05. The molecule has 1 saturated heterocycles. The Morgan fingerprint density at radius 1 is 1.25 bits per heavy atom. The highest BCUT2D eigenvalue weighted by atomic mass is 32.1. The van der Waals surface area contributed by atoms with E-state index in [1.807, 2.05) is 24.3 Å². The lowest BCUT2D eigenvalue weighted by Crippen LogP contribution is -2.32. The molecule has 0 amide bonds. The standard InChI is InChI=1S/C18H23N5S/c1-12-7-9-23(10-8-12)11-16-13(2)19-18(24-16)22-17-20-14-5-3-4-6-15(14)21-17/h3-6,12H,7-11H2,1-2H3,(H2,19,20,21,22). The quantitative estimate of drug-likeness (QED) is 0.743. The maximum atomic E-state index is 4.68. The monoisotopic (exact) mass is 341 g/mol. The number of hydrogen-bond donors (Lipinski definition) is 2. The number of para-hydroxylation sites is 2. The predicted molar refractivity (Wildman–Crippen MR) is 99.9 cm³/mol. The number of piperidine rings is 1. The van der Waals surface area contributed by atoms with Gasteiger partial charge >= 0.3 is 0 Å². The molecule has 0 unspecified atom stereocenters. The zero-order valence-corrected chi connectivity index (χ0v) is 15.0. The van der Waals surface area contributed by atoms with Crippen molar-refractivity contribution in [3.05, 3.63) is 34.8 Å². The van der Waals surface area contributed by atoms with Gasteiger partial charge in [0.05, 0.1) is 16.7 Å². The van der Waals surface area contributed by atoms with Gasteiger partial charge in [0, 0.05) is 11.4 Å². The minimum absolute atomic E-state index is 0.753. The summed E-state index contributed by atoms with van der Waals surface area (Å²) in [6.07, 6.45) is 2.61. The highest BCUT2D eigenvalue weighted by Crippen LogP contribution is 2.28. The molecule has 3 heterocycles. The fourth-order valence-electron chi connectivity index (χ4n) is 3.16. The average Bonchev–Trinajstić information content (AvgIpc) is 3.12. The number of nitrogens with one attached hydrogen (secondary N) is 2. The molecule has 4 rings (SSSR count). The number of benzene rings is 1. The third kappa shape index (κ3) is 3.30. The van der Waals surface area contributed by atoms with Crippen LogP contribution in [0.1, 0.15) is 30.3 Å². The van der Waals surface area contributed by atoms with Gasteiger partial charge in [-0.2, -0.15) is 0 Å². The van der Waals surface area contributed by atoms with E-state index >= 15 is 0 Å². The maximum Gasteiger partial charge on any atom is 0.207 e. The van der Waals surface area contributed by atoms with Crippen LogP contribution in [0.15, 0.2) is 24.3 Å². The Morgan fingerprint density at radius 3 is 2.83 bits per heavy atom. The number of rotatable bonds is 4. The molecule has 24 heavy (non-hydrogen) atoms. The number of aromatic nitrogens is 3. The lowest BCUT2D eigenvalue weighted by Gasteiger charge is -2.29. The minimum Gasteiger partial charge on any atom is -0.324 e. The van der Waals surface area contributed by atoms with Gasteiger partial charge in [0.25, 0.3) is 0 Å². The molecule has 3 aromatic rings. The third-order valence-electron chi connectivity index (χ3n) is 4.75. The topological polar surface area (TPSA) is 56.8 Å². The third-order valence-corrected chi connectivity index (χ3v) is 5.81. The first kappa shape index (κ1) is 15.6. The van der Waals surface area contributed by atoms with Gasteiger partial charge in [-0.3, -0.25) is 4.90 Å². The van der Waals surface area contributed by atoms with Gasteiger partial charge in [-0.25, -0.2) is 9.97 Å². The smallest absolute Gasteiger partial charge is 0.207 e. The van der Waals surface area contributed by atoms with Gasteiger partial charge in [-0.1, -0.05) is 19.1 Å². The number of aryl methyl sites for hydroxylation is 1. The van der Waals surface area contributed by atoms with Crippen molar-refractivity contribution >= 4 is 33.5 Å². The normalized spacial score (nSPS) is 16.8. The van der Waals surface area contributed by atoms with Crippen molar-refractivity contribution in [2.24, 2.45) is 5.92 Å². The van der Waals surface area contributed by atoms with Crippen LogP contribution in [0.2, 0.25) is 0 Å². The van der Waals surface area contributed by atoms with Crippen molar-refractivity contribution in [3.8, 4) is 0 Å². The van der Waals surface area contributed by atoms with E-state index in [9.17, 15) is 0 Å². The average molecular weight is 341 g/mol. The van der Waals surface area contributed by atoms with Crippen LogP contribution in [0.25, 0.3) is 11.0 Å². The molecule has 0 atom stereocenters. The molecule has 0 spiro atoms. The summed E-state index contributed by atoms with van der Waals surface area (Å²) in [5.41, 5.74) is 3.13. The molecule has 5 nitrogen and oxygen atoms in total. The molecule has 6 heteroatoms. The number of anilines is 2. The van der Waals surface area contributed by atoms with Crippen LogP contribution in [0, 0.1) is 12.8 Å². The second-order valence-electron chi connectivity index (χ2n) is 6.71. The molecule has 2 N–H and O–H groups in total. The summed E-state index contributed by atoms with van der Waals surface area (Å²) >= 11 is 1.73. The fourth-order valence-corrected chi connectivity index (χ4v) is 4.17. The number of hydrogen-bond acceptors (Lipinski definition) is 5. The highest BCUT2D eigenvalue weighted by molar-refractivity contribution is 7.15. The van der Waals surface area contributed by atoms with Crippen molar-refractivity contribution < 1.29 is 0 Å². The fraction of sp³-hybridized carbons (Fsp3) is 0.444. The molecule has 2 aromatic heterocycles. The van der Waals surface area contributed by atoms with Crippen LogP contribution in [0.3, 0.4) is 0 Å². The van der Waals surface area contributed by atoms with Crippen molar-refractivity contribution in [3.63, 3.8) is 0 Å². The SMILES string of the molecule is Cc1nc(Nc2nc3ccccc3[nH]2)sc1CN1CCC(C)CC1. The summed E-state index contributed by atoms with van der Waals surface area (Å²) in [6.45, 7) is 7.86. The molecule has 1 fully saturated rings. The van der Waals surface area contributed by atoms with E-state index in [1.54, 1.807) is 11.3 Å². The number of H-pyrrole nitrogens is 1. The number of nitrogens with zero attached hydrogens (tertiary/aromatic N) is 3. The van der Waals surface area contributed by atoms with E-state index in [0.717, 1.165) is 40.3 Å².